The van der Waals surface area contributed by atoms with Crippen LogP contribution < -0.4 is 10.2 Å². The molecule has 20 heavy (non-hydrogen) atoms. The molecule has 0 spiro atoms. The molecule has 0 bridgehead atoms. The minimum Gasteiger partial charge on any atom is -0.345 e. The molecule has 1 N–H and O–H groups in total. The zero-order chi connectivity index (χ0) is 15.0. The minimum absolute atomic E-state index is 0.153. The maximum absolute atomic E-state index is 4.62. The first-order valence-corrected chi connectivity index (χ1v) is 8.15. The molecular formula is C15H28N4S. The van der Waals surface area contributed by atoms with Gasteiger partial charge in [-0.25, -0.2) is 4.98 Å². The van der Waals surface area contributed by atoms with Crippen molar-refractivity contribution in [2.45, 2.75) is 52.2 Å². The van der Waals surface area contributed by atoms with Crippen molar-refractivity contribution in [2.75, 3.05) is 31.6 Å². The first kappa shape index (κ1) is 15.7. The number of aromatic nitrogens is 1. The maximum atomic E-state index is 4.62. The van der Waals surface area contributed by atoms with Crippen molar-refractivity contribution in [1.29, 1.82) is 0 Å². The second-order valence-electron chi connectivity index (χ2n) is 7.37. The monoisotopic (exact) mass is 296 g/mol. The van der Waals surface area contributed by atoms with E-state index in [1.54, 1.807) is 0 Å². The van der Waals surface area contributed by atoms with E-state index in [0.29, 0.717) is 0 Å². The standard InChI is InChI=1S/C15H28N4S/c1-14(2,3)17-10-12-9-16-13(20-12)19-8-7-18(6)15(4,5)11-19/h9,17H,7-8,10-11H2,1-6H3. The fraction of sp³-hybridized carbons (Fsp3) is 0.800. The Morgan fingerprint density at radius 1 is 1.35 bits per heavy atom. The molecule has 1 fully saturated rings. The SMILES string of the molecule is CN1CCN(c2ncc(CNC(C)(C)C)s2)CC1(C)C. The molecule has 1 aliphatic rings. The Morgan fingerprint density at radius 3 is 2.65 bits per heavy atom. The number of hydrogen-bond acceptors (Lipinski definition) is 5. The van der Waals surface area contributed by atoms with Crippen LogP contribution in [0.15, 0.2) is 6.20 Å². The Balaban J connectivity index is 1.99. The van der Waals surface area contributed by atoms with Crippen LogP contribution >= 0.6 is 11.3 Å². The summed E-state index contributed by atoms with van der Waals surface area (Å²) in [7, 11) is 2.21. The van der Waals surface area contributed by atoms with E-state index < -0.39 is 0 Å². The Morgan fingerprint density at radius 2 is 2.05 bits per heavy atom. The highest BCUT2D eigenvalue weighted by Crippen LogP contribution is 2.28. The summed E-state index contributed by atoms with van der Waals surface area (Å²) < 4.78 is 0. The van der Waals surface area contributed by atoms with Gasteiger partial charge < -0.3 is 10.2 Å². The lowest BCUT2D eigenvalue weighted by atomic mass is 10.0. The van der Waals surface area contributed by atoms with Crippen LogP contribution in [-0.4, -0.2) is 47.6 Å². The van der Waals surface area contributed by atoms with Crippen LogP contribution in [0.4, 0.5) is 5.13 Å². The molecule has 0 aromatic carbocycles. The quantitative estimate of drug-likeness (QED) is 0.929. The molecule has 114 valence electrons. The minimum atomic E-state index is 0.153. The van der Waals surface area contributed by atoms with Crippen molar-refractivity contribution in [3.8, 4) is 0 Å². The Labute approximate surface area is 127 Å². The van der Waals surface area contributed by atoms with Crippen molar-refractivity contribution in [2.24, 2.45) is 0 Å². The smallest absolute Gasteiger partial charge is 0.185 e. The number of nitrogens with zero attached hydrogens (tertiary/aromatic N) is 3. The van der Waals surface area contributed by atoms with E-state index in [0.717, 1.165) is 31.3 Å². The molecule has 0 unspecified atom stereocenters. The third kappa shape index (κ3) is 3.93. The molecule has 4 nitrogen and oxygen atoms in total. The topological polar surface area (TPSA) is 31.4 Å². The molecule has 2 heterocycles. The van der Waals surface area contributed by atoms with Gasteiger partial charge in [-0.15, -0.1) is 11.3 Å². The van der Waals surface area contributed by atoms with Crippen LogP contribution in [0.1, 0.15) is 39.5 Å². The van der Waals surface area contributed by atoms with Gasteiger partial charge in [-0.3, -0.25) is 4.90 Å². The summed E-state index contributed by atoms with van der Waals surface area (Å²) in [5.41, 5.74) is 0.369. The molecule has 1 aliphatic heterocycles. The number of rotatable bonds is 3. The largest absolute Gasteiger partial charge is 0.345 e. The van der Waals surface area contributed by atoms with E-state index in [1.165, 1.54) is 4.88 Å². The van der Waals surface area contributed by atoms with Gasteiger partial charge in [-0.2, -0.15) is 0 Å². The van der Waals surface area contributed by atoms with Crippen LogP contribution in [0, 0.1) is 0 Å². The van der Waals surface area contributed by atoms with E-state index >= 15 is 0 Å². The number of anilines is 1. The van der Waals surface area contributed by atoms with Gasteiger partial charge in [0.1, 0.15) is 0 Å². The highest BCUT2D eigenvalue weighted by molar-refractivity contribution is 7.15. The third-order valence-corrected chi connectivity index (χ3v) is 4.98. The normalized spacial score (nSPS) is 20.4. The van der Waals surface area contributed by atoms with Gasteiger partial charge in [0.25, 0.3) is 0 Å². The van der Waals surface area contributed by atoms with Gasteiger partial charge in [-0.1, -0.05) is 0 Å². The number of likely N-dealkylation sites (N-methyl/N-ethyl adjacent to an activating group) is 1. The third-order valence-electron chi connectivity index (χ3n) is 3.92. The lowest BCUT2D eigenvalue weighted by Gasteiger charge is -2.45. The van der Waals surface area contributed by atoms with Gasteiger partial charge >= 0.3 is 0 Å². The van der Waals surface area contributed by atoms with Crippen molar-refractivity contribution >= 4 is 16.5 Å². The Bertz CT molecular complexity index is 447. The van der Waals surface area contributed by atoms with E-state index in [4.69, 9.17) is 0 Å². The van der Waals surface area contributed by atoms with Crippen molar-refractivity contribution in [3.05, 3.63) is 11.1 Å². The number of hydrogen-bond donors (Lipinski definition) is 1. The summed E-state index contributed by atoms with van der Waals surface area (Å²) in [5, 5.41) is 4.69. The van der Waals surface area contributed by atoms with Gasteiger partial charge in [0.2, 0.25) is 0 Å². The van der Waals surface area contributed by atoms with Gasteiger partial charge in [0, 0.05) is 48.3 Å². The summed E-state index contributed by atoms with van der Waals surface area (Å²) in [6.45, 7) is 15.3. The molecular weight excluding hydrogens is 268 g/mol. The summed E-state index contributed by atoms with van der Waals surface area (Å²) in [4.78, 5) is 10.8. The van der Waals surface area contributed by atoms with Crippen molar-refractivity contribution in [3.63, 3.8) is 0 Å². The summed E-state index contributed by atoms with van der Waals surface area (Å²) in [5.74, 6) is 0. The van der Waals surface area contributed by atoms with Gasteiger partial charge in [0.05, 0.1) is 0 Å². The zero-order valence-corrected chi connectivity index (χ0v) is 14.5. The average Bonchev–Trinajstić information content (AvgIpc) is 2.78. The number of piperazine rings is 1. The molecule has 1 aromatic heterocycles. The van der Waals surface area contributed by atoms with E-state index in [1.807, 2.05) is 17.5 Å². The van der Waals surface area contributed by atoms with Crippen LogP contribution in [0.2, 0.25) is 0 Å². The van der Waals surface area contributed by atoms with Crippen molar-refractivity contribution in [1.82, 2.24) is 15.2 Å². The molecule has 5 heteroatoms. The number of thiazole rings is 1. The Hall–Kier alpha value is -0.650. The molecule has 1 saturated heterocycles. The van der Waals surface area contributed by atoms with Gasteiger partial charge in [-0.05, 0) is 41.7 Å². The fourth-order valence-electron chi connectivity index (χ4n) is 2.28. The molecule has 0 atom stereocenters. The maximum Gasteiger partial charge on any atom is 0.185 e. The Kier molecular flexibility index (Phi) is 4.42. The van der Waals surface area contributed by atoms with Gasteiger partial charge in [0.15, 0.2) is 5.13 Å². The predicted molar refractivity (Wildman–Crippen MR) is 87.6 cm³/mol. The van der Waals surface area contributed by atoms with Crippen LogP contribution in [0.25, 0.3) is 0 Å². The first-order valence-electron chi connectivity index (χ1n) is 7.33. The summed E-state index contributed by atoms with van der Waals surface area (Å²) >= 11 is 1.82. The highest BCUT2D eigenvalue weighted by atomic mass is 32.1. The molecule has 0 amide bonds. The fourth-order valence-corrected chi connectivity index (χ4v) is 3.16. The van der Waals surface area contributed by atoms with Crippen LogP contribution in [0.5, 0.6) is 0 Å². The van der Waals surface area contributed by atoms with Crippen molar-refractivity contribution < 1.29 is 0 Å². The number of nitrogens with one attached hydrogen (secondary N) is 1. The molecule has 0 aliphatic carbocycles. The lowest BCUT2D eigenvalue weighted by Crippen LogP contribution is -2.57. The average molecular weight is 296 g/mol. The van der Waals surface area contributed by atoms with E-state index in [-0.39, 0.29) is 11.1 Å². The zero-order valence-electron chi connectivity index (χ0n) is 13.7. The molecule has 1 aromatic rings. The van der Waals surface area contributed by atoms with E-state index in [9.17, 15) is 0 Å². The highest BCUT2D eigenvalue weighted by Gasteiger charge is 2.32. The lowest BCUT2D eigenvalue weighted by molar-refractivity contribution is 0.139. The molecule has 0 radical (unpaired) electrons. The summed E-state index contributed by atoms with van der Waals surface area (Å²) in [6, 6.07) is 0. The van der Waals surface area contributed by atoms with E-state index in [2.05, 4.69) is 61.8 Å². The van der Waals surface area contributed by atoms with Crippen LogP contribution in [-0.2, 0) is 6.54 Å². The first-order chi connectivity index (χ1) is 9.17. The molecule has 2 rings (SSSR count). The predicted octanol–water partition coefficient (Wildman–Crippen LogP) is 2.56. The summed E-state index contributed by atoms with van der Waals surface area (Å²) in [6.07, 6.45) is 2.02. The molecule has 0 saturated carbocycles. The second-order valence-corrected chi connectivity index (χ2v) is 8.46. The second kappa shape index (κ2) is 5.62. The van der Waals surface area contributed by atoms with Crippen LogP contribution in [0.3, 0.4) is 0 Å².